The molecule has 0 saturated heterocycles. The lowest BCUT2D eigenvalue weighted by Crippen LogP contribution is -2.48. The molecule has 264 valence electrons. The summed E-state index contributed by atoms with van der Waals surface area (Å²) < 4.78 is 0. The van der Waals surface area contributed by atoms with E-state index in [0.717, 1.165) is 100 Å². The normalized spacial score (nSPS) is 46.6. The first-order valence-corrected chi connectivity index (χ1v) is 21.7. The molecule has 0 aromatic heterocycles. The van der Waals surface area contributed by atoms with Gasteiger partial charge < -0.3 is 0 Å². The van der Waals surface area contributed by atoms with Crippen molar-refractivity contribution in [2.75, 3.05) is 0 Å². The molecule has 0 amide bonds. The Balaban J connectivity index is 0.000000142. The zero-order chi connectivity index (χ0) is 33.1. The number of rotatable bonds is 3. The molecule has 0 N–H and O–H groups in total. The minimum absolute atomic E-state index is 0.800. The lowest BCUT2D eigenvalue weighted by molar-refractivity contribution is -0.0789. The van der Waals surface area contributed by atoms with E-state index in [1.54, 1.807) is 103 Å². The summed E-state index contributed by atoms with van der Waals surface area (Å²) in [7, 11) is 0. The van der Waals surface area contributed by atoms with E-state index in [1.165, 1.54) is 0 Å². The van der Waals surface area contributed by atoms with Crippen LogP contribution >= 0.6 is 0 Å². The van der Waals surface area contributed by atoms with Crippen molar-refractivity contribution in [3.63, 3.8) is 0 Å². The third kappa shape index (κ3) is 8.25. The van der Waals surface area contributed by atoms with Crippen molar-refractivity contribution < 1.29 is 0 Å². The van der Waals surface area contributed by atoms with Crippen LogP contribution in [0.2, 0.25) is 0 Å². The first kappa shape index (κ1) is 37.8. The predicted octanol–water partition coefficient (Wildman–Crippen LogP) is 14.4. The van der Waals surface area contributed by atoms with Gasteiger partial charge in [-0.2, -0.15) is 0 Å². The summed E-state index contributed by atoms with van der Waals surface area (Å²) in [6.45, 7) is 26.7. The molecular formula is C45H84. The van der Waals surface area contributed by atoms with Crippen molar-refractivity contribution in [1.29, 1.82) is 0 Å². The fourth-order valence-electron chi connectivity index (χ4n) is 15.0. The minimum atomic E-state index is 0.800. The first-order valence-electron chi connectivity index (χ1n) is 21.7. The molecule has 0 spiro atoms. The van der Waals surface area contributed by atoms with Crippen molar-refractivity contribution in [1.82, 2.24) is 0 Å². The maximum absolute atomic E-state index is 2.47. The van der Waals surface area contributed by atoms with Crippen LogP contribution in [0.1, 0.15) is 186 Å². The van der Waals surface area contributed by atoms with Gasteiger partial charge in [0.2, 0.25) is 0 Å². The number of hydrogen-bond acceptors (Lipinski definition) is 0. The van der Waals surface area contributed by atoms with Crippen LogP contribution in [0.3, 0.4) is 0 Å². The van der Waals surface area contributed by atoms with Crippen LogP contribution in [0, 0.1) is 100 Å². The second-order valence-corrected chi connectivity index (χ2v) is 18.9. The molecule has 0 heterocycles. The minimum Gasteiger partial charge on any atom is -0.0683 e. The van der Waals surface area contributed by atoms with E-state index >= 15 is 0 Å². The molecule has 0 radical (unpaired) electrons. The van der Waals surface area contributed by atoms with Crippen LogP contribution in [0.4, 0.5) is 0 Å². The maximum Gasteiger partial charge on any atom is -0.0267 e. The second-order valence-electron chi connectivity index (χ2n) is 18.9. The Kier molecular flexibility index (Phi) is 14.0. The van der Waals surface area contributed by atoms with Crippen LogP contribution < -0.4 is 0 Å². The first-order chi connectivity index (χ1) is 21.7. The Morgan fingerprint density at radius 3 is 0.756 bits per heavy atom. The molecule has 0 aromatic rings. The largest absolute Gasteiger partial charge is 0.0683 e. The second kappa shape index (κ2) is 16.6. The lowest BCUT2D eigenvalue weighted by Gasteiger charge is -2.58. The van der Waals surface area contributed by atoms with E-state index in [0.29, 0.717) is 0 Å². The fourth-order valence-corrected chi connectivity index (χ4v) is 15.0. The van der Waals surface area contributed by atoms with Gasteiger partial charge in [-0.15, -0.1) is 0 Å². The van der Waals surface area contributed by atoms with E-state index in [4.69, 9.17) is 0 Å². The van der Waals surface area contributed by atoms with Crippen molar-refractivity contribution in [2.24, 2.45) is 100 Å². The summed E-state index contributed by atoms with van der Waals surface area (Å²) >= 11 is 0. The van der Waals surface area contributed by atoms with Gasteiger partial charge in [0.15, 0.2) is 0 Å². The summed E-state index contributed by atoms with van der Waals surface area (Å²) in [4.78, 5) is 0. The van der Waals surface area contributed by atoms with Crippen LogP contribution in [-0.4, -0.2) is 0 Å². The summed E-state index contributed by atoms with van der Waals surface area (Å²) in [5.74, 6) is 17.6. The molecule has 0 nitrogen and oxygen atoms in total. The molecule has 12 saturated carbocycles. The molecule has 12 fully saturated rings. The molecule has 12 aliphatic carbocycles. The van der Waals surface area contributed by atoms with Gasteiger partial charge in [-0.3, -0.25) is 0 Å². The van der Waals surface area contributed by atoms with Crippen LogP contribution in [0.25, 0.3) is 0 Å². The van der Waals surface area contributed by atoms with Crippen molar-refractivity contribution in [2.45, 2.75) is 186 Å². The molecule has 12 bridgehead atoms. The van der Waals surface area contributed by atoms with Gasteiger partial charge in [0.05, 0.1) is 0 Å². The Morgan fingerprint density at radius 1 is 0.333 bits per heavy atom. The molecule has 45 heavy (non-hydrogen) atoms. The van der Waals surface area contributed by atoms with E-state index in [-0.39, 0.29) is 0 Å². The molecule has 0 atom stereocenters. The predicted molar refractivity (Wildman–Crippen MR) is 200 cm³/mol. The van der Waals surface area contributed by atoms with Gasteiger partial charge in [-0.05, 0) is 203 Å². The summed E-state index contributed by atoms with van der Waals surface area (Å²) in [6.07, 6.45) is 25.4. The molecule has 0 heteroatoms. The highest BCUT2D eigenvalue weighted by Crippen LogP contribution is 2.63. The van der Waals surface area contributed by atoms with Gasteiger partial charge in [0.25, 0.3) is 0 Å². The smallest absolute Gasteiger partial charge is 0.0267 e. The van der Waals surface area contributed by atoms with Gasteiger partial charge in [0.1, 0.15) is 0 Å². The molecule has 0 aromatic carbocycles. The van der Waals surface area contributed by atoms with Gasteiger partial charge in [-0.25, -0.2) is 0 Å². The maximum atomic E-state index is 2.47. The summed E-state index contributed by atoms with van der Waals surface area (Å²) in [6, 6.07) is 0. The highest BCUT2D eigenvalue weighted by molar-refractivity contribution is 5.03. The monoisotopic (exact) mass is 625 g/mol. The van der Waals surface area contributed by atoms with Gasteiger partial charge in [0, 0.05) is 0 Å². The zero-order valence-corrected chi connectivity index (χ0v) is 33.1. The van der Waals surface area contributed by atoms with E-state index < -0.39 is 0 Å². The quantitative estimate of drug-likeness (QED) is 0.293. The van der Waals surface area contributed by atoms with Crippen LogP contribution in [-0.2, 0) is 0 Å². The fraction of sp³-hybridized carbons (Fsp3) is 1.00. The third-order valence-corrected chi connectivity index (χ3v) is 15.4. The van der Waals surface area contributed by atoms with E-state index in [1.807, 2.05) is 41.5 Å². The van der Waals surface area contributed by atoms with E-state index in [9.17, 15) is 0 Å². The molecule has 0 aliphatic heterocycles. The zero-order valence-electron chi connectivity index (χ0n) is 33.1. The average Bonchev–Trinajstić information content (AvgIpc) is 2.99. The standard InChI is InChI=1S/3C13H22.3C2H6/c1-9(2)13-6-10-3-11(7-13)5-12(4-10)8-13;2*1-8(2)13-11-4-9-3-10(6-11)7-12(13)5-9;3*1-2/h9-12H,3-8H2,1-2H3;2*8-13H,3-7H2,1-2H3;3*1-2H3. The SMILES string of the molecule is CC.CC.CC.CC(C)C12CC3CC(CC(C3)C1)C2.CC(C)C1C2CC3CC(C2)CC1C3.CC(C)C1C2CC3CC(C2)CC1C3. The van der Waals surface area contributed by atoms with E-state index in [2.05, 4.69) is 41.5 Å². The number of hydrogen-bond donors (Lipinski definition) is 0. The van der Waals surface area contributed by atoms with Crippen molar-refractivity contribution in [3.8, 4) is 0 Å². The summed E-state index contributed by atoms with van der Waals surface area (Å²) in [5, 5.41) is 0. The molecule has 12 rings (SSSR count). The average molecular weight is 625 g/mol. The summed E-state index contributed by atoms with van der Waals surface area (Å²) in [5.41, 5.74) is 0.800. The topological polar surface area (TPSA) is 0 Å². The molecule has 0 unspecified atom stereocenters. The molecular weight excluding hydrogens is 540 g/mol. The Morgan fingerprint density at radius 2 is 0.556 bits per heavy atom. The highest BCUT2D eigenvalue weighted by atomic mass is 14.6. The van der Waals surface area contributed by atoms with Crippen molar-refractivity contribution in [3.05, 3.63) is 0 Å². The molecule has 12 aliphatic rings. The third-order valence-electron chi connectivity index (χ3n) is 15.4. The Bertz CT molecular complexity index is 707. The van der Waals surface area contributed by atoms with Crippen LogP contribution in [0.5, 0.6) is 0 Å². The van der Waals surface area contributed by atoms with Crippen LogP contribution in [0.15, 0.2) is 0 Å². The van der Waals surface area contributed by atoms with Gasteiger partial charge in [-0.1, -0.05) is 83.1 Å². The Labute approximate surface area is 285 Å². The van der Waals surface area contributed by atoms with Gasteiger partial charge >= 0.3 is 0 Å². The van der Waals surface area contributed by atoms with Crippen molar-refractivity contribution >= 4 is 0 Å². The Hall–Kier alpha value is 0. The highest BCUT2D eigenvalue weighted by Gasteiger charge is 2.52. The lowest BCUT2D eigenvalue weighted by atomic mass is 9.47.